The van der Waals surface area contributed by atoms with E-state index in [0.29, 0.717) is 16.5 Å². The third-order valence-electron chi connectivity index (χ3n) is 1.77. The normalized spacial score (nSPS) is 11.8. The van der Waals surface area contributed by atoms with Crippen molar-refractivity contribution in [1.29, 1.82) is 0 Å². The Morgan fingerprint density at radius 3 is 2.71 bits per heavy atom. The smallest absolute Gasteiger partial charge is 0.136 e. The van der Waals surface area contributed by atoms with Gasteiger partial charge < -0.3 is 5.73 Å². The lowest BCUT2D eigenvalue weighted by Gasteiger charge is -2.21. The Morgan fingerprint density at radius 1 is 1.50 bits per heavy atom. The Hall–Kier alpha value is -0.250. The number of rotatable bonds is 3. The fourth-order valence-electron chi connectivity index (χ4n) is 0.895. The number of thioether (sulfide) groups is 1. The Bertz CT molecular complexity index is 328. The molecule has 0 spiro atoms. The molecule has 0 aromatic heterocycles. The van der Waals surface area contributed by atoms with E-state index in [9.17, 15) is 4.39 Å². The number of benzene rings is 1. The number of hydrogen-bond donors (Lipinski definition) is 1. The van der Waals surface area contributed by atoms with Crippen molar-refractivity contribution in [3.63, 3.8) is 0 Å². The molecule has 0 bridgehead atoms. The highest BCUT2D eigenvalue weighted by Crippen LogP contribution is 2.34. The van der Waals surface area contributed by atoms with Crippen LogP contribution in [0, 0.1) is 5.82 Å². The molecule has 4 heteroatoms. The average molecular weight is 234 g/mol. The molecular weight excluding hydrogens is 221 g/mol. The monoisotopic (exact) mass is 233 g/mol. The summed E-state index contributed by atoms with van der Waals surface area (Å²) in [5.41, 5.74) is 5.57. The van der Waals surface area contributed by atoms with Crippen LogP contribution in [0.4, 0.5) is 4.39 Å². The van der Waals surface area contributed by atoms with Gasteiger partial charge in [0.15, 0.2) is 0 Å². The quantitative estimate of drug-likeness (QED) is 0.811. The van der Waals surface area contributed by atoms with E-state index < -0.39 is 0 Å². The molecule has 14 heavy (non-hydrogen) atoms. The van der Waals surface area contributed by atoms with Gasteiger partial charge in [0.05, 0.1) is 0 Å². The van der Waals surface area contributed by atoms with Crippen molar-refractivity contribution in [2.24, 2.45) is 5.73 Å². The molecule has 0 aliphatic carbocycles. The fraction of sp³-hybridized carbons (Fsp3) is 0.400. The summed E-state index contributed by atoms with van der Waals surface area (Å²) in [6.07, 6.45) is 0. The van der Waals surface area contributed by atoms with E-state index in [0.717, 1.165) is 0 Å². The van der Waals surface area contributed by atoms with Gasteiger partial charge in [-0.2, -0.15) is 0 Å². The Morgan fingerprint density at radius 2 is 2.14 bits per heavy atom. The van der Waals surface area contributed by atoms with Gasteiger partial charge in [-0.15, -0.1) is 11.8 Å². The van der Waals surface area contributed by atoms with Crippen molar-refractivity contribution in [2.45, 2.75) is 23.5 Å². The van der Waals surface area contributed by atoms with E-state index in [4.69, 9.17) is 17.3 Å². The number of halogens is 2. The molecule has 0 saturated heterocycles. The lowest BCUT2D eigenvalue weighted by molar-refractivity contribution is 0.599. The number of nitrogens with two attached hydrogens (primary N) is 1. The molecule has 0 unspecified atom stereocenters. The van der Waals surface area contributed by atoms with Crippen molar-refractivity contribution in [2.75, 3.05) is 6.54 Å². The lowest BCUT2D eigenvalue weighted by atomic mass is 10.2. The Labute approximate surface area is 92.8 Å². The van der Waals surface area contributed by atoms with Gasteiger partial charge in [-0.05, 0) is 32.0 Å². The predicted octanol–water partition coefficient (Wildman–Crippen LogP) is 3.31. The first kappa shape index (κ1) is 11.8. The molecule has 0 radical (unpaired) electrons. The van der Waals surface area contributed by atoms with Crippen LogP contribution in [-0.4, -0.2) is 11.3 Å². The average Bonchev–Trinajstić information content (AvgIpc) is 2.11. The summed E-state index contributed by atoms with van der Waals surface area (Å²) in [6, 6.07) is 4.53. The third kappa shape index (κ3) is 3.15. The minimum atomic E-state index is -0.249. The van der Waals surface area contributed by atoms with Crippen molar-refractivity contribution in [3.8, 4) is 0 Å². The van der Waals surface area contributed by atoms with E-state index in [2.05, 4.69) is 0 Å². The van der Waals surface area contributed by atoms with E-state index >= 15 is 0 Å². The van der Waals surface area contributed by atoms with Gasteiger partial charge in [0.1, 0.15) is 5.82 Å². The summed E-state index contributed by atoms with van der Waals surface area (Å²) in [4.78, 5) is 0.549. The molecule has 0 aliphatic rings. The second kappa shape index (κ2) is 4.51. The second-order valence-electron chi connectivity index (χ2n) is 3.64. The van der Waals surface area contributed by atoms with Gasteiger partial charge in [-0.3, -0.25) is 0 Å². The van der Waals surface area contributed by atoms with Crippen LogP contribution in [0.25, 0.3) is 0 Å². The van der Waals surface area contributed by atoms with Gasteiger partial charge in [0.25, 0.3) is 0 Å². The van der Waals surface area contributed by atoms with Crippen LogP contribution in [0.5, 0.6) is 0 Å². The topological polar surface area (TPSA) is 26.0 Å². The van der Waals surface area contributed by atoms with Crippen LogP contribution in [0.3, 0.4) is 0 Å². The highest BCUT2D eigenvalue weighted by atomic mass is 35.5. The summed E-state index contributed by atoms with van der Waals surface area (Å²) >= 11 is 7.18. The molecule has 78 valence electrons. The predicted molar refractivity (Wildman–Crippen MR) is 60.4 cm³/mol. The summed E-state index contributed by atoms with van der Waals surface area (Å²) < 4.78 is 13.1. The lowest BCUT2D eigenvalue weighted by Crippen LogP contribution is -2.26. The maximum Gasteiger partial charge on any atom is 0.136 e. The zero-order chi connectivity index (χ0) is 10.8. The maximum atomic E-state index is 13.3. The highest BCUT2D eigenvalue weighted by Gasteiger charge is 2.19. The fourth-order valence-corrected chi connectivity index (χ4v) is 2.16. The second-order valence-corrected chi connectivity index (χ2v) is 5.83. The van der Waals surface area contributed by atoms with Crippen molar-refractivity contribution < 1.29 is 4.39 Å². The van der Waals surface area contributed by atoms with E-state index in [-0.39, 0.29) is 10.6 Å². The minimum Gasteiger partial charge on any atom is -0.329 e. The molecule has 0 aliphatic heterocycles. The van der Waals surface area contributed by atoms with Crippen molar-refractivity contribution in [3.05, 3.63) is 29.0 Å². The van der Waals surface area contributed by atoms with Gasteiger partial charge in [-0.1, -0.05) is 11.6 Å². The van der Waals surface area contributed by atoms with Gasteiger partial charge in [-0.25, -0.2) is 4.39 Å². The van der Waals surface area contributed by atoms with Gasteiger partial charge in [0, 0.05) is 21.2 Å². The van der Waals surface area contributed by atoms with Crippen LogP contribution >= 0.6 is 23.4 Å². The van der Waals surface area contributed by atoms with Gasteiger partial charge >= 0.3 is 0 Å². The Balaban J connectivity index is 2.91. The first-order valence-electron chi connectivity index (χ1n) is 4.29. The van der Waals surface area contributed by atoms with Crippen molar-refractivity contribution in [1.82, 2.24) is 0 Å². The zero-order valence-electron chi connectivity index (χ0n) is 8.18. The van der Waals surface area contributed by atoms with Crippen LogP contribution in [0.1, 0.15) is 13.8 Å². The van der Waals surface area contributed by atoms with Crippen LogP contribution in [0.15, 0.2) is 23.1 Å². The first-order chi connectivity index (χ1) is 6.44. The molecule has 1 nitrogen and oxygen atoms in total. The molecule has 0 atom stereocenters. The highest BCUT2D eigenvalue weighted by molar-refractivity contribution is 8.00. The largest absolute Gasteiger partial charge is 0.329 e. The van der Waals surface area contributed by atoms with Crippen LogP contribution in [-0.2, 0) is 0 Å². The number of hydrogen-bond acceptors (Lipinski definition) is 2. The van der Waals surface area contributed by atoms with Gasteiger partial charge in [0.2, 0.25) is 0 Å². The zero-order valence-corrected chi connectivity index (χ0v) is 9.75. The molecule has 1 aromatic carbocycles. The molecule has 0 amide bonds. The molecule has 1 rings (SSSR count). The molecule has 0 saturated carbocycles. The summed E-state index contributed by atoms with van der Waals surface area (Å²) in [5.74, 6) is -0.249. The maximum absolute atomic E-state index is 13.3. The summed E-state index contributed by atoms with van der Waals surface area (Å²) in [7, 11) is 0. The van der Waals surface area contributed by atoms with Crippen LogP contribution in [0.2, 0.25) is 5.02 Å². The van der Waals surface area contributed by atoms with Crippen LogP contribution < -0.4 is 5.73 Å². The minimum absolute atomic E-state index is 0.175. The Kier molecular flexibility index (Phi) is 3.81. The molecular formula is C10H13ClFNS. The van der Waals surface area contributed by atoms with Crippen molar-refractivity contribution >= 4 is 23.4 Å². The first-order valence-corrected chi connectivity index (χ1v) is 5.48. The summed E-state index contributed by atoms with van der Waals surface area (Å²) in [5, 5.41) is 0.543. The SMILES string of the molecule is CC(C)(CN)Sc1cc(Cl)ccc1F. The standard InChI is InChI=1S/C10H13ClFNS/c1-10(2,6-13)14-9-5-7(11)3-4-8(9)12/h3-5H,6,13H2,1-2H3. The molecule has 0 fully saturated rings. The third-order valence-corrected chi connectivity index (χ3v) is 3.26. The molecule has 0 heterocycles. The van der Waals surface area contributed by atoms with E-state index in [1.807, 2.05) is 13.8 Å². The summed E-state index contributed by atoms with van der Waals surface area (Å²) in [6.45, 7) is 4.43. The van der Waals surface area contributed by atoms with E-state index in [1.165, 1.54) is 23.9 Å². The molecule has 1 aromatic rings. The molecule has 2 N–H and O–H groups in total. The van der Waals surface area contributed by atoms with E-state index in [1.54, 1.807) is 6.07 Å².